The van der Waals surface area contributed by atoms with Gasteiger partial charge in [0.25, 0.3) is 0 Å². The molecule has 6 heteroatoms. The molecule has 0 saturated heterocycles. The predicted molar refractivity (Wildman–Crippen MR) is 84.1 cm³/mol. The number of benzene rings is 1. The highest BCUT2D eigenvalue weighted by atomic mass is 35.5. The summed E-state index contributed by atoms with van der Waals surface area (Å²) < 4.78 is 10.6. The summed E-state index contributed by atoms with van der Waals surface area (Å²) in [5.41, 5.74) is 1.17. The Morgan fingerprint density at radius 3 is 3.00 bits per heavy atom. The number of hydrogen-bond acceptors (Lipinski definition) is 5. The summed E-state index contributed by atoms with van der Waals surface area (Å²) in [5, 5.41) is 0.554. The van der Waals surface area contributed by atoms with Crippen LogP contribution in [0.2, 0.25) is 5.02 Å². The van der Waals surface area contributed by atoms with E-state index in [1.54, 1.807) is 30.5 Å². The first-order chi connectivity index (χ1) is 10.7. The number of esters is 1. The van der Waals surface area contributed by atoms with Gasteiger partial charge in [0.2, 0.25) is 0 Å². The lowest BCUT2D eigenvalue weighted by molar-refractivity contribution is 0.0596. The number of halogens is 1. The maximum atomic E-state index is 11.9. The molecule has 1 aliphatic heterocycles. The number of rotatable bonds is 2. The van der Waals surface area contributed by atoms with Crippen LogP contribution >= 0.6 is 11.6 Å². The first-order valence-corrected chi connectivity index (χ1v) is 7.32. The summed E-state index contributed by atoms with van der Waals surface area (Å²) in [7, 11) is 1.35. The number of aromatic nitrogens is 1. The lowest BCUT2D eigenvalue weighted by Crippen LogP contribution is -2.19. The Morgan fingerprint density at radius 1 is 1.36 bits per heavy atom. The van der Waals surface area contributed by atoms with Crippen LogP contribution in [0.15, 0.2) is 36.5 Å². The molecule has 0 amide bonds. The fraction of sp³-hybridized carbons (Fsp3) is 0.250. The molecule has 2 heterocycles. The number of nitrogens with zero attached hydrogens (tertiary/aromatic N) is 2. The van der Waals surface area contributed by atoms with E-state index in [9.17, 15) is 4.79 Å². The molecule has 0 unspecified atom stereocenters. The van der Waals surface area contributed by atoms with Crippen molar-refractivity contribution in [3.05, 3.63) is 47.1 Å². The lowest BCUT2D eigenvalue weighted by atomic mass is 10.1. The van der Waals surface area contributed by atoms with Crippen molar-refractivity contribution in [1.29, 1.82) is 0 Å². The molecule has 0 radical (unpaired) electrons. The number of fused-ring (bicyclic) bond motifs is 1. The first-order valence-electron chi connectivity index (χ1n) is 6.94. The van der Waals surface area contributed by atoms with Crippen molar-refractivity contribution in [2.24, 2.45) is 0 Å². The van der Waals surface area contributed by atoms with Crippen LogP contribution in [0.25, 0.3) is 0 Å². The minimum Gasteiger partial charge on any atom is -0.490 e. The molecule has 114 valence electrons. The van der Waals surface area contributed by atoms with E-state index in [-0.39, 0.29) is 0 Å². The average Bonchev–Trinajstić information content (AvgIpc) is 2.77. The summed E-state index contributed by atoms with van der Waals surface area (Å²) in [6, 6.07) is 8.95. The van der Waals surface area contributed by atoms with E-state index in [0.29, 0.717) is 35.3 Å². The standard InChI is InChI=1S/C16H15ClN2O3/c1-21-16(20)11-5-2-7-13-14(11)22-10-4-9-19(13)15-12(17)6-3-8-18-15/h2-3,5-8H,4,9-10H2,1H3. The van der Waals surface area contributed by atoms with Crippen molar-refractivity contribution in [3.8, 4) is 5.75 Å². The third-order valence-electron chi connectivity index (χ3n) is 3.46. The highest BCUT2D eigenvalue weighted by Crippen LogP contribution is 2.40. The lowest BCUT2D eigenvalue weighted by Gasteiger charge is -2.24. The van der Waals surface area contributed by atoms with Gasteiger partial charge in [-0.1, -0.05) is 17.7 Å². The van der Waals surface area contributed by atoms with E-state index in [2.05, 4.69) is 4.98 Å². The number of anilines is 2. The largest absolute Gasteiger partial charge is 0.490 e. The third kappa shape index (κ3) is 2.60. The van der Waals surface area contributed by atoms with Gasteiger partial charge < -0.3 is 14.4 Å². The van der Waals surface area contributed by atoms with Crippen LogP contribution in [-0.2, 0) is 4.74 Å². The normalized spacial score (nSPS) is 13.8. The van der Waals surface area contributed by atoms with Gasteiger partial charge in [0.15, 0.2) is 11.6 Å². The van der Waals surface area contributed by atoms with Gasteiger partial charge in [-0.25, -0.2) is 9.78 Å². The number of methoxy groups -OCH3 is 1. The van der Waals surface area contributed by atoms with Crippen LogP contribution in [-0.4, -0.2) is 31.2 Å². The van der Waals surface area contributed by atoms with E-state index < -0.39 is 5.97 Å². The van der Waals surface area contributed by atoms with Gasteiger partial charge in [-0.15, -0.1) is 0 Å². The molecule has 1 aromatic carbocycles. The molecular weight excluding hydrogens is 304 g/mol. The van der Waals surface area contributed by atoms with Crippen LogP contribution in [0.3, 0.4) is 0 Å². The second kappa shape index (κ2) is 6.23. The summed E-state index contributed by atoms with van der Waals surface area (Å²) >= 11 is 6.27. The van der Waals surface area contributed by atoms with Crippen LogP contribution in [0.1, 0.15) is 16.8 Å². The summed E-state index contributed by atoms with van der Waals surface area (Å²) in [4.78, 5) is 18.3. The van der Waals surface area contributed by atoms with Crippen molar-refractivity contribution in [1.82, 2.24) is 4.98 Å². The Kier molecular flexibility index (Phi) is 4.15. The van der Waals surface area contributed by atoms with Gasteiger partial charge in [-0.05, 0) is 30.7 Å². The Balaban J connectivity index is 2.14. The summed E-state index contributed by atoms with van der Waals surface area (Å²) in [5.74, 6) is 0.734. The zero-order chi connectivity index (χ0) is 15.5. The van der Waals surface area contributed by atoms with E-state index in [0.717, 1.165) is 12.1 Å². The van der Waals surface area contributed by atoms with E-state index in [1.807, 2.05) is 11.0 Å². The molecule has 0 spiro atoms. The fourth-order valence-corrected chi connectivity index (χ4v) is 2.70. The Labute approximate surface area is 133 Å². The van der Waals surface area contributed by atoms with Gasteiger partial charge in [-0.3, -0.25) is 0 Å². The van der Waals surface area contributed by atoms with Crippen LogP contribution in [0, 0.1) is 0 Å². The van der Waals surface area contributed by atoms with Gasteiger partial charge in [0, 0.05) is 12.7 Å². The van der Waals surface area contributed by atoms with Gasteiger partial charge in [0.05, 0.1) is 24.4 Å². The highest BCUT2D eigenvalue weighted by Gasteiger charge is 2.25. The molecule has 1 aromatic heterocycles. The quantitative estimate of drug-likeness (QED) is 0.794. The van der Waals surface area contributed by atoms with Crippen LogP contribution < -0.4 is 9.64 Å². The van der Waals surface area contributed by atoms with Crippen molar-refractivity contribution in [2.45, 2.75) is 6.42 Å². The van der Waals surface area contributed by atoms with Gasteiger partial charge in [0.1, 0.15) is 5.56 Å². The average molecular weight is 319 g/mol. The molecule has 0 N–H and O–H groups in total. The number of ether oxygens (including phenoxy) is 2. The van der Waals surface area contributed by atoms with Gasteiger partial charge in [-0.2, -0.15) is 0 Å². The Morgan fingerprint density at radius 2 is 2.23 bits per heavy atom. The first kappa shape index (κ1) is 14.7. The maximum absolute atomic E-state index is 11.9. The second-order valence-corrected chi connectivity index (χ2v) is 5.22. The monoisotopic (exact) mass is 318 g/mol. The molecule has 22 heavy (non-hydrogen) atoms. The zero-order valence-electron chi connectivity index (χ0n) is 12.1. The van der Waals surface area contributed by atoms with Crippen molar-refractivity contribution in [2.75, 3.05) is 25.2 Å². The molecule has 1 aliphatic rings. The molecule has 2 aromatic rings. The minimum absolute atomic E-state index is 0.402. The molecule has 3 rings (SSSR count). The van der Waals surface area contributed by atoms with Crippen molar-refractivity contribution >= 4 is 29.1 Å². The SMILES string of the molecule is COC(=O)c1cccc2c1OCCCN2c1ncccc1Cl. The van der Waals surface area contributed by atoms with Gasteiger partial charge >= 0.3 is 5.97 Å². The molecule has 0 atom stereocenters. The van der Waals surface area contributed by atoms with Crippen molar-refractivity contribution < 1.29 is 14.3 Å². The zero-order valence-corrected chi connectivity index (χ0v) is 12.8. The third-order valence-corrected chi connectivity index (χ3v) is 3.75. The van der Waals surface area contributed by atoms with Crippen LogP contribution in [0.5, 0.6) is 5.75 Å². The number of para-hydroxylation sites is 1. The predicted octanol–water partition coefficient (Wildman–Crippen LogP) is 3.44. The summed E-state index contributed by atoms with van der Waals surface area (Å²) in [6.45, 7) is 1.22. The van der Waals surface area contributed by atoms with E-state index >= 15 is 0 Å². The molecule has 5 nitrogen and oxygen atoms in total. The number of pyridine rings is 1. The highest BCUT2D eigenvalue weighted by molar-refractivity contribution is 6.33. The molecule has 0 bridgehead atoms. The Bertz CT molecular complexity index is 706. The number of carbonyl (C=O) groups is 1. The van der Waals surface area contributed by atoms with Crippen LogP contribution in [0.4, 0.5) is 11.5 Å². The fourth-order valence-electron chi connectivity index (χ4n) is 2.47. The smallest absolute Gasteiger partial charge is 0.341 e. The van der Waals surface area contributed by atoms with Crippen molar-refractivity contribution in [3.63, 3.8) is 0 Å². The molecule has 0 saturated carbocycles. The Hall–Kier alpha value is -2.27. The molecule has 0 aliphatic carbocycles. The minimum atomic E-state index is -0.425. The maximum Gasteiger partial charge on any atom is 0.341 e. The topological polar surface area (TPSA) is 51.7 Å². The number of carbonyl (C=O) groups excluding carboxylic acids is 1. The summed E-state index contributed by atoms with van der Waals surface area (Å²) in [6.07, 6.45) is 2.49. The molecule has 0 fully saturated rings. The van der Waals surface area contributed by atoms with E-state index in [4.69, 9.17) is 21.1 Å². The second-order valence-electron chi connectivity index (χ2n) is 4.81. The number of hydrogen-bond donors (Lipinski definition) is 0. The van der Waals surface area contributed by atoms with E-state index in [1.165, 1.54) is 7.11 Å². The molecular formula is C16H15ClN2O3.